The van der Waals surface area contributed by atoms with Crippen LogP contribution in [0.15, 0.2) is 12.4 Å². The summed E-state index contributed by atoms with van der Waals surface area (Å²) >= 11 is 0. The highest BCUT2D eigenvalue weighted by Gasteiger charge is 2.52. The van der Waals surface area contributed by atoms with E-state index in [2.05, 4.69) is 15.3 Å². The molecule has 0 aliphatic carbocycles. The topological polar surface area (TPSA) is 85.8 Å². The van der Waals surface area contributed by atoms with Crippen LogP contribution < -0.4 is 10.8 Å². The summed E-state index contributed by atoms with van der Waals surface area (Å²) in [7, 11) is -0.479. The van der Waals surface area contributed by atoms with Gasteiger partial charge in [0.05, 0.1) is 11.2 Å². The Balaban J connectivity index is 1.55. The van der Waals surface area contributed by atoms with Crippen molar-refractivity contribution in [2.45, 2.75) is 77.7 Å². The lowest BCUT2D eigenvalue weighted by atomic mass is 9.81. The Bertz CT molecular complexity index is 702. The monoisotopic (exact) mass is 390 g/mol. The van der Waals surface area contributed by atoms with E-state index in [-0.39, 0.29) is 12.1 Å². The summed E-state index contributed by atoms with van der Waals surface area (Å²) in [6, 6.07) is 0.0928. The lowest BCUT2D eigenvalue weighted by Gasteiger charge is -2.32. The van der Waals surface area contributed by atoms with Crippen molar-refractivity contribution in [3.8, 4) is 0 Å². The number of aromatic nitrogens is 2. The van der Waals surface area contributed by atoms with Crippen LogP contribution in [0, 0.1) is 0 Å². The maximum atomic E-state index is 12.2. The zero-order valence-corrected chi connectivity index (χ0v) is 17.9. The molecular weight excluding hydrogens is 359 g/mol. The molecule has 28 heavy (non-hydrogen) atoms. The molecule has 1 amide bonds. The summed E-state index contributed by atoms with van der Waals surface area (Å²) in [5.74, 6) is 0.524. The van der Waals surface area contributed by atoms with E-state index in [1.54, 1.807) is 17.3 Å². The number of hydrogen-bond acceptors (Lipinski definition) is 7. The molecule has 2 saturated heterocycles. The van der Waals surface area contributed by atoms with Crippen LogP contribution in [-0.4, -0.2) is 64.0 Å². The Labute approximate surface area is 167 Å². The summed E-state index contributed by atoms with van der Waals surface area (Å²) in [6.45, 7) is 14.9. The zero-order valence-electron chi connectivity index (χ0n) is 17.9. The summed E-state index contributed by atoms with van der Waals surface area (Å²) < 4.78 is 17.5. The first-order valence-electron chi connectivity index (χ1n) is 9.78. The van der Waals surface area contributed by atoms with Gasteiger partial charge in [0, 0.05) is 37.0 Å². The minimum atomic E-state index is -0.491. The smallest absolute Gasteiger partial charge is 0.444 e. The second-order valence-electron chi connectivity index (χ2n) is 9.48. The first-order valence-corrected chi connectivity index (χ1v) is 9.78. The van der Waals surface area contributed by atoms with Gasteiger partial charge in [-0.2, -0.15) is 0 Å². The minimum Gasteiger partial charge on any atom is -0.444 e. The maximum absolute atomic E-state index is 12.2. The lowest BCUT2D eigenvalue weighted by Crippen LogP contribution is -2.41. The number of ether oxygens (including phenoxy) is 1. The summed E-state index contributed by atoms with van der Waals surface area (Å²) in [4.78, 5) is 22.7. The molecule has 0 spiro atoms. The molecule has 0 aromatic carbocycles. The van der Waals surface area contributed by atoms with Crippen LogP contribution in [0.4, 0.5) is 10.7 Å². The van der Waals surface area contributed by atoms with Crippen LogP contribution in [0.5, 0.6) is 0 Å². The van der Waals surface area contributed by atoms with Gasteiger partial charge in [0.2, 0.25) is 5.95 Å². The van der Waals surface area contributed by atoms with Crippen LogP contribution in [-0.2, 0) is 14.0 Å². The first-order chi connectivity index (χ1) is 12.9. The van der Waals surface area contributed by atoms with E-state index in [1.165, 1.54) is 0 Å². The van der Waals surface area contributed by atoms with Crippen molar-refractivity contribution in [2.75, 3.05) is 18.4 Å². The van der Waals surface area contributed by atoms with Gasteiger partial charge in [0.15, 0.2) is 0 Å². The predicted octanol–water partition coefficient (Wildman–Crippen LogP) is 2.20. The Hall–Kier alpha value is -1.87. The van der Waals surface area contributed by atoms with E-state index in [9.17, 15) is 4.79 Å². The van der Waals surface area contributed by atoms with Gasteiger partial charge >= 0.3 is 13.2 Å². The van der Waals surface area contributed by atoms with E-state index in [4.69, 9.17) is 14.0 Å². The van der Waals surface area contributed by atoms with Crippen molar-refractivity contribution < 1.29 is 18.8 Å². The molecule has 0 bridgehead atoms. The van der Waals surface area contributed by atoms with Crippen LogP contribution >= 0.6 is 0 Å². The first kappa shape index (κ1) is 20.9. The van der Waals surface area contributed by atoms with Crippen molar-refractivity contribution in [3.05, 3.63) is 12.4 Å². The standard InChI is InChI=1S/C19H31BN4O4/c1-17(2,3)26-16(25)24-9-8-14(12-24)23-15-21-10-13(11-22-15)20-27-18(4,5)19(6,7)28-20/h10-11,14H,8-9,12H2,1-7H3,(H,21,22,23)/t14-/m0/s1. The van der Waals surface area contributed by atoms with Gasteiger partial charge in [-0.25, -0.2) is 14.8 Å². The molecule has 1 N–H and O–H groups in total. The van der Waals surface area contributed by atoms with Crippen LogP contribution in [0.3, 0.4) is 0 Å². The van der Waals surface area contributed by atoms with E-state index in [0.717, 1.165) is 11.9 Å². The molecule has 9 heteroatoms. The number of hydrogen-bond donors (Lipinski definition) is 1. The largest absolute Gasteiger partial charge is 0.498 e. The third-order valence-electron chi connectivity index (χ3n) is 5.37. The quantitative estimate of drug-likeness (QED) is 0.792. The molecule has 2 fully saturated rings. The van der Waals surface area contributed by atoms with Crippen LogP contribution in [0.2, 0.25) is 0 Å². The number of likely N-dealkylation sites (tertiary alicyclic amines) is 1. The highest BCUT2D eigenvalue weighted by Crippen LogP contribution is 2.36. The second-order valence-corrected chi connectivity index (χ2v) is 9.48. The minimum absolute atomic E-state index is 0.0928. The summed E-state index contributed by atoms with van der Waals surface area (Å²) in [5.41, 5.74) is -0.506. The Morgan fingerprint density at radius 3 is 2.32 bits per heavy atom. The van der Waals surface area contributed by atoms with Gasteiger partial charge in [0.25, 0.3) is 0 Å². The molecule has 0 radical (unpaired) electrons. The van der Waals surface area contributed by atoms with Crippen molar-refractivity contribution in [3.63, 3.8) is 0 Å². The molecule has 0 unspecified atom stereocenters. The molecule has 3 heterocycles. The van der Waals surface area contributed by atoms with E-state index < -0.39 is 23.9 Å². The molecule has 1 aromatic rings. The van der Waals surface area contributed by atoms with Gasteiger partial charge in [-0.15, -0.1) is 0 Å². The molecule has 8 nitrogen and oxygen atoms in total. The number of nitrogens with zero attached hydrogens (tertiary/aromatic N) is 3. The normalized spacial score (nSPS) is 23.8. The van der Waals surface area contributed by atoms with E-state index in [1.807, 2.05) is 48.5 Å². The number of carbonyl (C=O) groups excluding carboxylic acids is 1. The molecule has 0 saturated carbocycles. The Morgan fingerprint density at radius 1 is 1.21 bits per heavy atom. The molecular formula is C19H31BN4O4. The van der Waals surface area contributed by atoms with Gasteiger partial charge in [-0.3, -0.25) is 0 Å². The third kappa shape index (κ3) is 4.58. The van der Waals surface area contributed by atoms with Gasteiger partial charge in [0.1, 0.15) is 5.60 Å². The third-order valence-corrected chi connectivity index (χ3v) is 5.37. The fourth-order valence-electron chi connectivity index (χ4n) is 3.07. The maximum Gasteiger partial charge on any atom is 0.498 e. The molecule has 1 atom stereocenters. The predicted molar refractivity (Wildman–Crippen MR) is 108 cm³/mol. The average Bonchev–Trinajstić information content (AvgIpc) is 3.09. The van der Waals surface area contributed by atoms with Crippen molar-refractivity contribution in [2.24, 2.45) is 0 Å². The highest BCUT2D eigenvalue weighted by atomic mass is 16.7. The van der Waals surface area contributed by atoms with E-state index in [0.29, 0.717) is 19.0 Å². The molecule has 1 aromatic heterocycles. The van der Waals surface area contributed by atoms with E-state index >= 15 is 0 Å². The fraction of sp³-hybridized carbons (Fsp3) is 0.737. The average molecular weight is 390 g/mol. The van der Waals surface area contributed by atoms with Gasteiger partial charge < -0.3 is 24.3 Å². The zero-order chi connectivity index (χ0) is 20.7. The fourth-order valence-corrected chi connectivity index (χ4v) is 3.07. The molecule has 3 rings (SSSR count). The lowest BCUT2D eigenvalue weighted by molar-refractivity contribution is 0.00578. The second kappa shape index (κ2) is 7.19. The van der Waals surface area contributed by atoms with Crippen molar-refractivity contribution in [1.82, 2.24) is 14.9 Å². The number of amides is 1. The number of rotatable bonds is 3. The number of carbonyl (C=O) groups is 1. The Kier molecular flexibility index (Phi) is 5.35. The molecule has 2 aliphatic rings. The molecule has 154 valence electrons. The summed E-state index contributed by atoms with van der Waals surface area (Å²) in [6.07, 6.45) is 3.98. The van der Waals surface area contributed by atoms with Crippen LogP contribution in [0.1, 0.15) is 54.9 Å². The number of nitrogens with one attached hydrogen (secondary N) is 1. The van der Waals surface area contributed by atoms with Crippen molar-refractivity contribution in [1.29, 1.82) is 0 Å². The molecule has 2 aliphatic heterocycles. The summed E-state index contributed by atoms with van der Waals surface area (Å²) in [5, 5.41) is 3.29. The Morgan fingerprint density at radius 2 is 1.79 bits per heavy atom. The number of anilines is 1. The van der Waals surface area contributed by atoms with Gasteiger partial charge in [-0.1, -0.05) is 0 Å². The highest BCUT2D eigenvalue weighted by molar-refractivity contribution is 6.61. The van der Waals surface area contributed by atoms with Crippen molar-refractivity contribution >= 4 is 24.6 Å². The van der Waals surface area contributed by atoms with Crippen LogP contribution in [0.25, 0.3) is 0 Å². The van der Waals surface area contributed by atoms with Gasteiger partial charge in [-0.05, 0) is 54.9 Å². The SMILES string of the molecule is CC(C)(C)OC(=O)N1CC[C@H](Nc2ncc(B3OC(C)(C)C(C)(C)O3)cn2)C1.